The first kappa shape index (κ1) is 17.2. The summed E-state index contributed by atoms with van der Waals surface area (Å²) in [5.41, 5.74) is 1.43. The Kier molecular flexibility index (Phi) is 7.44. The van der Waals surface area contributed by atoms with Crippen LogP contribution in [0.1, 0.15) is 42.7 Å². The molecule has 1 N–H and O–H groups in total. The predicted molar refractivity (Wildman–Crippen MR) is 100 cm³/mol. The average molecular weight is 431 g/mol. The van der Waals surface area contributed by atoms with Gasteiger partial charge in [-0.1, -0.05) is 37.3 Å². The number of halogens is 2. The summed E-state index contributed by atoms with van der Waals surface area (Å²) in [6, 6.07) is 13.5. The van der Waals surface area contributed by atoms with Gasteiger partial charge >= 0.3 is 0 Å². The second-order valence-corrected chi connectivity index (χ2v) is 8.41. The van der Waals surface area contributed by atoms with E-state index in [0.717, 1.165) is 17.4 Å². The second kappa shape index (κ2) is 9.09. The predicted octanol–water partition coefficient (Wildman–Crippen LogP) is 6.34. The van der Waals surface area contributed by atoms with Gasteiger partial charge in [0.2, 0.25) is 0 Å². The van der Waals surface area contributed by atoms with E-state index in [4.69, 9.17) is 0 Å². The molecule has 0 saturated carbocycles. The van der Waals surface area contributed by atoms with Crippen molar-refractivity contribution < 1.29 is 0 Å². The minimum absolute atomic E-state index is 0.460. The summed E-state index contributed by atoms with van der Waals surface area (Å²) in [6.45, 7) is 3.29. The lowest BCUT2D eigenvalue weighted by molar-refractivity contribution is 0.490. The standard InChI is InChI=1S/C17H21Br2NS/c1-2-11-20-15(16-12-14(18)17(19)21-16)10-6-9-13-7-4-3-5-8-13/h3-5,7-8,12,15,20H,2,6,9-11H2,1H3. The zero-order chi connectivity index (χ0) is 15.1. The number of aryl methyl sites for hydroxylation is 1. The number of nitrogens with one attached hydrogen (secondary N) is 1. The van der Waals surface area contributed by atoms with Gasteiger partial charge in [0.25, 0.3) is 0 Å². The molecule has 21 heavy (non-hydrogen) atoms. The Bertz CT molecular complexity index is 519. The third kappa shape index (κ3) is 5.51. The molecule has 0 radical (unpaired) electrons. The maximum Gasteiger partial charge on any atom is 0.0843 e. The van der Waals surface area contributed by atoms with Gasteiger partial charge in [-0.3, -0.25) is 0 Å². The van der Waals surface area contributed by atoms with Crippen molar-refractivity contribution in [2.24, 2.45) is 0 Å². The van der Waals surface area contributed by atoms with Crippen molar-refractivity contribution in [1.82, 2.24) is 5.32 Å². The maximum atomic E-state index is 3.68. The normalized spacial score (nSPS) is 12.5. The van der Waals surface area contributed by atoms with E-state index in [1.807, 2.05) is 11.3 Å². The van der Waals surface area contributed by atoms with Gasteiger partial charge in [0.05, 0.1) is 3.79 Å². The Labute approximate surface area is 148 Å². The lowest BCUT2D eigenvalue weighted by Gasteiger charge is -2.17. The summed E-state index contributed by atoms with van der Waals surface area (Å²) < 4.78 is 2.35. The summed E-state index contributed by atoms with van der Waals surface area (Å²) in [7, 11) is 0. The topological polar surface area (TPSA) is 12.0 Å². The van der Waals surface area contributed by atoms with Gasteiger partial charge in [-0.15, -0.1) is 11.3 Å². The van der Waals surface area contributed by atoms with Crippen molar-refractivity contribution in [2.75, 3.05) is 6.54 Å². The fourth-order valence-corrected chi connectivity index (χ4v) is 4.55. The molecule has 0 saturated heterocycles. The van der Waals surface area contributed by atoms with Crippen LogP contribution in [0.5, 0.6) is 0 Å². The van der Waals surface area contributed by atoms with Crippen LogP contribution < -0.4 is 5.32 Å². The molecule has 1 atom stereocenters. The molecule has 114 valence electrons. The van der Waals surface area contributed by atoms with E-state index in [9.17, 15) is 0 Å². The van der Waals surface area contributed by atoms with E-state index < -0.39 is 0 Å². The zero-order valence-corrected chi connectivity index (χ0v) is 16.2. The summed E-state index contributed by atoms with van der Waals surface area (Å²) in [5.74, 6) is 0. The highest BCUT2D eigenvalue weighted by atomic mass is 79.9. The molecule has 1 heterocycles. The van der Waals surface area contributed by atoms with Crippen LogP contribution in [0.25, 0.3) is 0 Å². The Morgan fingerprint density at radius 1 is 1.19 bits per heavy atom. The van der Waals surface area contributed by atoms with Crippen LogP contribution in [0, 0.1) is 0 Å². The van der Waals surface area contributed by atoms with E-state index in [-0.39, 0.29) is 0 Å². The van der Waals surface area contributed by atoms with Crippen molar-refractivity contribution >= 4 is 43.2 Å². The molecule has 4 heteroatoms. The third-order valence-electron chi connectivity index (χ3n) is 3.45. The first-order chi connectivity index (χ1) is 10.2. The number of hydrogen-bond donors (Lipinski definition) is 1. The fraction of sp³-hybridized carbons (Fsp3) is 0.412. The fourth-order valence-electron chi connectivity index (χ4n) is 2.35. The molecule has 1 aromatic carbocycles. The Morgan fingerprint density at radius 3 is 2.57 bits per heavy atom. The summed E-state index contributed by atoms with van der Waals surface area (Å²) in [4.78, 5) is 1.41. The van der Waals surface area contributed by atoms with Crippen LogP contribution in [0.3, 0.4) is 0 Å². The third-order valence-corrected chi connectivity index (χ3v) is 6.82. The minimum Gasteiger partial charge on any atom is -0.309 e. The van der Waals surface area contributed by atoms with Gasteiger partial charge in [0.15, 0.2) is 0 Å². The van der Waals surface area contributed by atoms with Crippen molar-refractivity contribution in [3.8, 4) is 0 Å². The Hall–Kier alpha value is -0.160. The van der Waals surface area contributed by atoms with Crippen LogP contribution in [0.2, 0.25) is 0 Å². The molecule has 1 nitrogen and oxygen atoms in total. The van der Waals surface area contributed by atoms with E-state index in [1.54, 1.807) is 0 Å². The molecule has 1 aromatic heterocycles. The van der Waals surface area contributed by atoms with Gasteiger partial charge in [-0.25, -0.2) is 0 Å². The first-order valence-electron chi connectivity index (χ1n) is 7.42. The molecular formula is C17H21Br2NS. The number of rotatable bonds is 8. The lowest BCUT2D eigenvalue weighted by atomic mass is 10.0. The van der Waals surface area contributed by atoms with Crippen molar-refractivity contribution in [3.05, 3.63) is 55.1 Å². The smallest absolute Gasteiger partial charge is 0.0843 e. The lowest BCUT2D eigenvalue weighted by Crippen LogP contribution is -2.21. The first-order valence-corrected chi connectivity index (χ1v) is 9.83. The van der Waals surface area contributed by atoms with Gasteiger partial charge in [-0.2, -0.15) is 0 Å². The van der Waals surface area contributed by atoms with E-state index in [1.165, 1.54) is 33.5 Å². The SMILES string of the molecule is CCCNC(CCCc1ccccc1)c1cc(Br)c(Br)s1. The van der Waals surface area contributed by atoms with Crippen LogP contribution in [-0.2, 0) is 6.42 Å². The highest BCUT2D eigenvalue weighted by Crippen LogP contribution is 2.36. The molecule has 2 aromatic rings. The Balaban J connectivity index is 1.93. The number of thiophene rings is 1. The largest absolute Gasteiger partial charge is 0.309 e. The van der Waals surface area contributed by atoms with Gasteiger partial charge in [0, 0.05) is 15.4 Å². The number of hydrogen-bond acceptors (Lipinski definition) is 2. The van der Waals surface area contributed by atoms with Gasteiger partial charge in [-0.05, 0) is 75.7 Å². The minimum atomic E-state index is 0.460. The monoisotopic (exact) mass is 429 g/mol. The molecule has 0 spiro atoms. The van der Waals surface area contributed by atoms with Crippen molar-refractivity contribution in [3.63, 3.8) is 0 Å². The Morgan fingerprint density at radius 2 is 1.95 bits per heavy atom. The van der Waals surface area contributed by atoms with Crippen LogP contribution in [-0.4, -0.2) is 6.54 Å². The molecule has 0 aliphatic carbocycles. The number of benzene rings is 1. The summed E-state index contributed by atoms with van der Waals surface area (Å²) in [5, 5.41) is 3.68. The highest BCUT2D eigenvalue weighted by molar-refractivity contribution is 9.13. The molecular weight excluding hydrogens is 410 g/mol. The van der Waals surface area contributed by atoms with Crippen LogP contribution >= 0.6 is 43.2 Å². The molecule has 0 aliphatic rings. The van der Waals surface area contributed by atoms with E-state index >= 15 is 0 Å². The molecule has 0 aliphatic heterocycles. The highest BCUT2D eigenvalue weighted by Gasteiger charge is 2.15. The maximum absolute atomic E-state index is 3.68. The van der Waals surface area contributed by atoms with Crippen LogP contribution in [0.15, 0.2) is 44.7 Å². The van der Waals surface area contributed by atoms with Gasteiger partial charge < -0.3 is 5.32 Å². The second-order valence-electron chi connectivity index (χ2n) is 5.15. The molecule has 0 amide bonds. The van der Waals surface area contributed by atoms with E-state index in [2.05, 4.69) is 80.5 Å². The molecule has 0 bridgehead atoms. The summed E-state index contributed by atoms with van der Waals surface area (Å²) >= 11 is 9.02. The molecule has 1 unspecified atom stereocenters. The van der Waals surface area contributed by atoms with Gasteiger partial charge in [0.1, 0.15) is 0 Å². The average Bonchev–Trinajstić information content (AvgIpc) is 2.83. The zero-order valence-electron chi connectivity index (χ0n) is 12.2. The van der Waals surface area contributed by atoms with Crippen molar-refractivity contribution in [1.29, 1.82) is 0 Å². The van der Waals surface area contributed by atoms with Crippen LogP contribution in [0.4, 0.5) is 0 Å². The van der Waals surface area contributed by atoms with E-state index in [0.29, 0.717) is 6.04 Å². The van der Waals surface area contributed by atoms with Crippen molar-refractivity contribution in [2.45, 2.75) is 38.6 Å². The molecule has 0 fully saturated rings. The summed E-state index contributed by atoms with van der Waals surface area (Å²) in [6.07, 6.45) is 4.70. The quantitative estimate of drug-likeness (QED) is 0.515. The molecule has 2 rings (SSSR count).